The average Bonchev–Trinajstić information content (AvgIpc) is 3.24. The lowest BCUT2D eigenvalue weighted by molar-refractivity contribution is 0.748. The maximum atomic E-state index is 4.79. The SMILES string of the molecule is CNc1nc(C2CC2)nc(N(C)Cc2nccn2C)c1C. The van der Waals surface area contributed by atoms with E-state index in [0.717, 1.165) is 35.4 Å². The van der Waals surface area contributed by atoms with E-state index in [0.29, 0.717) is 5.92 Å². The van der Waals surface area contributed by atoms with Crippen molar-refractivity contribution in [3.8, 4) is 0 Å². The van der Waals surface area contributed by atoms with Crippen molar-refractivity contribution in [2.45, 2.75) is 32.2 Å². The van der Waals surface area contributed by atoms with E-state index in [-0.39, 0.29) is 0 Å². The van der Waals surface area contributed by atoms with Gasteiger partial charge in [0.25, 0.3) is 0 Å². The van der Waals surface area contributed by atoms with Gasteiger partial charge in [0.05, 0.1) is 6.54 Å². The largest absolute Gasteiger partial charge is 0.373 e. The van der Waals surface area contributed by atoms with Crippen LogP contribution < -0.4 is 10.2 Å². The van der Waals surface area contributed by atoms with Crippen molar-refractivity contribution < 1.29 is 0 Å². The van der Waals surface area contributed by atoms with Gasteiger partial charge in [-0.2, -0.15) is 0 Å². The zero-order valence-corrected chi connectivity index (χ0v) is 13.1. The van der Waals surface area contributed by atoms with E-state index in [1.54, 1.807) is 0 Å². The standard InChI is InChI=1S/C15H22N6/c1-10-13(16-2)18-14(11-5-6-11)19-15(10)21(4)9-12-17-7-8-20(12)3/h7-8,11H,5-6,9H2,1-4H3,(H,16,18,19). The Bertz CT molecular complexity index is 644. The van der Waals surface area contributed by atoms with Crippen LogP contribution in [0.4, 0.5) is 11.6 Å². The van der Waals surface area contributed by atoms with Crippen LogP contribution in [-0.4, -0.2) is 33.6 Å². The summed E-state index contributed by atoms with van der Waals surface area (Å²) >= 11 is 0. The molecule has 0 amide bonds. The van der Waals surface area contributed by atoms with Gasteiger partial charge in [-0.15, -0.1) is 0 Å². The summed E-state index contributed by atoms with van der Waals surface area (Å²) in [6.07, 6.45) is 6.19. The highest BCUT2D eigenvalue weighted by atomic mass is 15.2. The zero-order valence-electron chi connectivity index (χ0n) is 13.1. The first-order chi connectivity index (χ1) is 10.1. The summed E-state index contributed by atoms with van der Waals surface area (Å²) in [6.45, 7) is 2.79. The van der Waals surface area contributed by atoms with E-state index in [2.05, 4.69) is 34.2 Å². The molecule has 3 rings (SSSR count). The van der Waals surface area contributed by atoms with Gasteiger partial charge in [0.15, 0.2) is 0 Å². The predicted molar refractivity (Wildman–Crippen MR) is 83.6 cm³/mol. The second kappa shape index (κ2) is 5.35. The van der Waals surface area contributed by atoms with Crippen LogP contribution >= 0.6 is 0 Å². The Morgan fingerprint density at radius 1 is 1.38 bits per heavy atom. The third-order valence-corrected chi connectivity index (χ3v) is 3.98. The highest BCUT2D eigenvalue weighted by molar-refractivity contribution is 5.58. The van der Waals surface area contributed by atoms with Crippen molar-refractivity contribution in [3.63, 3.8) is 0 Å². The number of hydrogen-bond acceptors (Lipinski definition) is 5. The van der Waals surface area contributed by atoms with Crippen molar-refractivity contribution >= 4 is 11.6 Å². The van der Waals surface area contributed by atoms with Crippen LogP contribution in [0.25, 0.3) is 0 Å². The van der Waals surface area contributed by atoms with E-state index in [4.69, 9.17) is 4.98 Å². The molecule has 6 heteroatoms. The maximum Gasteiger partial charge on any atom is 0.137 e. The molecule has 21 heavy (non-hydrogen) atoms. The molecule has 1 saturated carbocycles. The van der Waals surface area contributed by atoms with E-state index in [1.807, 2.05) is 31.1 Å². The summed E-state index contributed by atoms with van der Waals surface area (Å²) in [4.78, 5) is 16.0. The fourth-order valence-electron chi connectivity index (χ4n) is 2.50. The maximum absolute atomic E-state index is 4.79. The molecule has 2 aromatic heterocycles. The number of nitrogens with one attached hydrogen (secondary N) is 1. The van der Waals surface area contributed by atoms with Crippen LogP contribution in [0.5, 0.6) is 0 Å². The third kappa shape index (κ3) is 2.70. The number of imidazole rings is 1. The minimum Gasteiger partial charge on any atom is -0.373 e. The number of rotatable bonds is 5. The molecule has 6 nitrogen and oxygen atoms in total. The fourth-order valence-corrected chi connectivity index (χ4v) is 2.50. The van der Waals surface area contributed by atoms with Crippen LogP contribution in [0.1, 0.15) is 36.0 Å². The lowest BCUT2D eigenvalue weighted by Crippen LogP contribution is -2.22. The molecule has 0 bridgehead atoms. The molecule has 1 N–H and O–H groups in total. The normalized spacial score (nSPS) is 14.3. The molecule has 0 unspecified atom stereocenters. The topological polar surface area (TPSA) is 58.9 Å². The summed E-state index contributed by atoms with van der Waals surface area (Å²) in [5.74, 6) is 4.44. The van der Waals surface area contributed by atoms with Crippen LogP contribution in [-0.2, 0) is 13.6 Å². The molecule has 1 aliphatic rings. The first-order valence-corrected chi connectivity index (χ1v) is 7.33. The number of nitrogens with zero attached hydrogens (tertiary/aromatic N) is 5. The highest BCUT2D eigenvalue weighted by Crippen LogP contribution is 2.40. The average molecular weight is 286 g/mol. The quantitative estimate of drug-likeness (QED) is 0.912. The molecule has 2 aromatic rings. The second-order valence-electron chi connectivity index (χ2n) is 5.71. The van der Waals surface area contributed by atoms with Crippen molar-refractivity contribution in [3.05, 3.63) is 29.6 Å². The summed E-state index contributed by atoms with van der Waals surface area (Å²) in [7, 11) is 5.98. The molecule has 0 saturated heterocycles. The molecular weight excluding hydrogens is 264 g/mol. The van der Waals surface area contributed by atoms with Crippen LogP contribution in [0, 0.1) is 6.92 Å². The first-order valence-electron chi connectivity index (χ1n) is 7.33. The molecule has 0 aliphatic heterocycles. The van der Waals surface area contributed by atoms with Gasteiger partial charge in [-0.3, -0.25) is 0 Å². The first kappa shape index (κ1) is 13.9. The molecule has 0 spiro atoms. The summed E-state index contributed by atoms with van der Waals surface area (Å²) < 4.78 is 2.04. The van der Waals surface area contributed by atoms with Gasteiger partial charge in [0.1, 0.15) is 23.3 Å². The monoisotopic (exact) mass is 286 g/mol. The minimum atomic E-state index is 0.540. The minimum absolute atomic E-state index is 0.540. The van der Waals surface area contributed by atoms with Gasteiger partial charge in [-0.25, -0.2) is 15.0 Å². The number of anilines is 2. The summed E-state index contributed by atoms with van der Waals surface area (Å²) in [5, 5.41) is 3.19. The Balaban J connectivity index is 1.92. The Hall–Kier alpha value is -2.11. The van der Waals surface area contributed by atoms with E-state index >= 15 is 0 Å². The molecular formula is C15H22N6. The molecule has 1 aliphatic carbocycles. The summed E-state index contributed by atoms with van der Waals surface area (Å²) in [5.41, 5.74) is 1.08. The molecule has 112 valence electrons. The molecule has 2 heterocycles. The Morgan fingerprint density at radius 2 is 2.14 bits per heavy atom. The number of aryl methyl sites for hydroxylation is 1. The molecule has 0 aromatic carbocycles. The smallest absolute Gasteiger partial charge is 0.137 e. The van der Waals surface area contributed by atoms with Crippen molar-refractivity contribution in [1.29, 1.82) is 0 Å². The van der Waals surface area contributed by atoms with Gasteiger partial charge in [0, 0.05) is 45.0 Å². The highest BCUT2D eigenvalue weighted by Gasteiger charge is 2.28. The van der Waals surface area contributed by atoms with Crippen molar-refractivity contribution in [2.24, 2.45) is 7.05 Å². The van der Waals surface area contributed by atoms with Crippen LogP contribution in [0.15, 0.2) is 12.4 Å². The predicted octanol–water partition coefficient (Wildman–Crippen LogP) is 2.07. The van der Waals surface area contributed by atoms with Gasteiger partial charge in [-0.05, 0) is 19.8 Å². The lowest BCUT2D eigenvalue weighted by atomic mass is 10.2. The van der Waals surface area contributed by atoms with Crippen molar-refractivity contribution in [1.82, 2.24) is 19.5 Å². The Kier molecular flexibility index (Phi) is 3.53. The van der Waals surface area contributed by atoms with Crippen molar-refractivity contribution in [2.75, 3.05) is 24.3 Å². The fraction of sp³-hybridized carbons (Fsp3) is 0.533. The Labute approximate surface area is 125 Å². The third-order valence-electron chi connectivity index (χ3n) is 3.98. The van der Waals surface area contributed by atoms with Crippen LogP contribution in [0.2, 0.25) is 0 Å². The van der Waals surface area contributed by atoms with Gasteiger partial charge in [-0.1, -0.05) is 0 Å². The molecule has 1 fully saturated rings. The van der Waals surface area contributed by atoms with E-state index < -0.39 is 0 Å². The number of aromatic nitrogens is 4. The molecule has 0 radical (unpaired) electrons. The van der Waals surface area contributed by atoms with Gasteiger partial charge < -0.3 is 14.8 Å². The van der Waals surface area contributed by atoms with Gasteiger partial charge >= 0.3 is 0 Å². The lowest BCUT2D eigenvalue weighted by Gasteiger charge is -2.22. The summed E-state index contributed by atoms with van der Waals surface area (Å²) in [6, 6.07) is 0. The second-order valence-corrected chi connectivity index (χ2v) is 5.71. The van der Waals surface area contributed by atoms with E-state index in [9.17, 15) is 0 Å². The molecule has 0 atom stereocenters. The van der Waals surface area contributed by atoms with E-state index in [1.165, 1.54) is 12.8 Å². The van der Waals surface area contributed by atoms with Gasteiger partial charge in [0.2, 0.25) is 0 Å². The zero-order chi connectivity index (χ0) is 15.0. The number of hydrogen-bond donors (Lipinski definition) is 1. The Morgan fingerprint density at radius 3 is 2.71 bits per heavy atom. The van der Waals surface area contributed by atoms with Crippen LogP contribution in [0.3, 0.4) is 0 Å².